The summed E-state index contributed by atoms with van der Waals surface area (Å²) in [4.78, 5) is 19.3. The Kier molecular flexibility index (Phi) is 3.35. The van der Waals surface area contributed by atoms with Crippen LogP contribution in [-0.4, -0.2) is 33.0 Å². The molecule has 98 valence electrons. The highest BCUT2D eigenvalue weighted by Crippen LogP contribution is 2.28. The maximum absolute atomic E-state index is 4.59. The second kappa shape index (κ2) is 5.30. The summed E-state index contributed by atoms with van der Waals surface area (Å²) in [6.07, 6.45) is 11.2. The zero-order valence-electron chi connectivity index (χ0n) is 11.0. The highest BCUT2D eigenvalue weighted by Gasteiger charge is 2.22. The number of aromatic nitrogens is 4. The SMILES string of the molecule is Cc1cncc(C2CCN(c3cncnc3)CC2)n1. The Morgan fingerprint density at radius 1 is 1.00 bits per heavy atom. The van der Waals surface area contributed by atoms with Gasteiger partial charge in [0, 0.05) is 31.4 Å². The van der Waals surface area contributed by atoms with Crippen LogP contribution in [0.3, 0.4) is 0 Å². The fourth-order valence-electron chi connectivity index (χ4n) is 2.57. The van der Waals surface area contributed by atoms with Gasteiger partial charge in [0.05, 0.1) is 29.5 Å². The summed E-state index contributed by atoms with van der Waals surface area (Å²) >= 11 is 0. The van der Waals surface area contributed by atoms with E-state index in [2.05, 4.69) is 24.8 Å². The number of piperidine rings is 1. The molecule has 0 N–H and O–H groups in total. The van der Waals surface area contributed by atoms with Gasteiger partial charge in [-0.3, -0.25) is 9.97 Å². The van der Waals surface area contributed by atoms with E-state index in [0.29, 0.717) is 5.92 Å². The maximum Gasteiger partial charge on any atom is 0.115 e. The van der Waals surface area contributed by atoms with Crippen LogP contribution in [-0.2, 0) is 0 Å². The van der Waals surface area contributed by atoms with E-state index in [-0.39, 0.29) is 0 Å². The van der Waals surface area contributed by atoms with Crippen LogP contribution in [0.1, 0.15) is 30.1 Å². The second-order valence-electron chi connectivity index (χ2n) is 4.94. The monoisotopic (exact) mass is 255 g/mol. The molecule has 3 rings (SSSR count). The molecule has 1 aliphatic heterocycles. The average molecular weight is 255 g/mol. The predicted molar refractivity (Wildman–Crippen MR) is 73.0 cm³/mol. The van der Waals surface area contributed by atoms with Crippen molar-refractivity contribution in [2.24, 2.45) is 0 Å². The Balaban J connectivity index is 1.67. The molecule has 0 amide bonds. The van der Waals surface area contributed by atoms with E-state index < -0.39 is 0 Å². The van der Waals surface area contributed by atoms with Crippen LogP contribution >= 0.6 is 0 Å². The van der Waals surface area contributed by atoms with E-state index in [1.54, 1.807) is 12.5 Å². The molecule has 0 spiro atoms. The molecule has 0 unspecified atom stereocenters. The van der Waals surface area contributed by atoms with Gasteiger partial charge in [-0.25, -0.2) is 9.97 Å². The van der Waals surface area contributed by atoms with Crippen LogP contribution in [0, 0.1) is 6.92 Å². The van der Waals surface area contributed by atoms with Crippen molar-refractivity contribution < 1.29 is 0 Å². The van der Waals surface area contributed by atoms with E-state index in [9.17, 15) is 0 Å². The Morgan fingerprint density at radius 2 is 1.74 bits per heavy atom. The van der Waals surface area contributed by atoms with Gasteiger partial charge in [-0.1, -0.05) is 0 Å². The summed E-state index contributed by atoms with van der Waals surface area (Å²) in [5, 5.41) is 0. The third-order valence-corrected chi connectivity index (χ3v) is 3.60. The second-order valence-corrected chi connectivity index (χ2v) is 4.94. The molecule has 1 saturated heterocycles. The van der Waals surface area contributed by atoms with Crippen LogP contribution < -0.4 is 4.90 Å². The van der Waals surface area contributed by atoms with Gasteiger partial charge in [0.25, 0.3) is 0 Å². The fraction of sp³-hybridized carbons (Fsp3) is 0.429. The number of hydrogen-bond acceptors (Lipinski definition) is 5. The molecule has 5 nitrogen and oxygen atoms in total. The third kappa shape index (κ3) is 2.70. The third-order valence-electron chi connectivity index (χ3n) is 3.60. The van der Waals surface area contributed by atoms with E-state index in [4.69, 9.17) is 0 Å². The van der Waals surface area contributed by atoms with Gasteiger partial charge in [-0.05, 0) is 19.8 Å². The molecule has 1 aliphatic rings. The van der Waals surface area contributed by atoms with Crippen LogP contribution in [0.4, 0.5) is 5.69 Å². The first-order chi connectivity index (χ1) is 9.33. The molecule has 3 heterocycles. The first-order valence-electron chi connectivity index (χ1n) is 6.61. The van der Waals surface area contributed by atoms with Gasteiger partial charge in [0.1, 0.15) is 6.33 Å². The molecule has 0 aromatic carbocycles. The minimum absolute atomic E-state index is 0.522. The summed E-state index contributed by atoms with van der Waals surface area (Å²) in [6, 6.07) is 0. The zero-order chi connectivity index (χ0) is 13.1. The molecular formula is C14H17N5. The number of hydrogen-bond donors (Lipinski definition) is 0. The molecular weight excluding hydrogens is 238 g/mol. The van der Waals surface area contributed by atoms with Crippen molar-refractivity contribution in [3.05, 3.63) is 42.5 Å². The number of anilines is 1. The van der Waals surface area contributed by atoms with E-state index in [0.717, 1.165) is 43.0 Å². The molecule has 1 fully saturated rings. The van der Waals surface area contributed by atoms with Crippen molar-refractivity contribution in [1.82, 2.24) is 19.9 Å². The topological polar surface area (TPSA) is 54.8 Å². The van der Waals surface area contributed by atoms with Crippen molar-refractivity contribution in [2.75, 3.05) is 18.0 Å². The predicted octanol–water partition coefficient (Wildman–Crippen LogP) is 1.96. The Bertz CT molecular complexity index is 535. The molecule has 0 atom stereocenters. The zero-order valence-corrected chi connectivity index (χ0v) is 11.0. The van der Waals surface area contributed by atoms with Crippen molar-refractivity contribution >= 4 is 5.69 Å². The Morgan fingerprint density at radius 3 is 2.42 bits per heavy atom. The van der Waals surface area contributed by atoms with E-state index in [1.807, 2.05) is 25.5 Å². The highest BCUT2D eigenvalue weighted by molar-refractivity contribution is 5.42. The quantitative estimate of drug-likeness (QED) is 0.821. The molecule has 5 heteroatoms. The lowest BCUT2D eigenvalue weighted by molar-refractivity contribution is 0.493. The van der Waals surface area contributed by atoms with Gasteiger partial charge < -0.3 is 4.90 Å². The van der Waals surface area contributed by atoms with Crippen molar-refractivity contribution in [3.8, 4) is 0 Å². The van der Waals surface area contributed by atoms with Crippen LogP contribution in [0.5, 0.6) is 0 Å². The standard InChI is InChI=1S/C14H17N5/c1-11-6-15-9-14(18-11)12-2-4-19(5-3-12)13-7-16-10-17-8-13/h6-10,12H,2-5H2,1H3. The molecule has 2 aromatic heterocycles. The van der Waals surface area contributed by atoms with Gasteiger partial charge in [-0.2, -0.15) is 0 Å². The van der Waals surface area contributed by atoms with Gasteiger partial charge in [0.2, 0.25) is 0 Å². The fourth-order valence-corrected chi connectivity index (χ4v) is 2.57. The number of nitrogens with zero attached hydrogens (tertiary/aromatic N) is 5. The Hall–Kier alpha value is -2.04. The van der Waals surface area contributed by atoms with Crippen molar-refractivity contribution in [1.29, 1.82) is 0 Å². The number of rotatable bonds is 2. The molecule has 0 saturated carbocycles. The molecule has 2 aromatic rings. The van der Waals surface area contributed by atoms with E-state index in [1.165, 1.54) is 0 Å². The molecule has 0 bridgehead atoms. The number of aryl methyl sites for hydroxylation is 1. The summed E-state index contributed by atoms with van der Waals surface area (Å²) in [7, 11) is 0. The summed E-state index contributed by atoms with van der Waals surface area (Å²) in [5.74, 6) is 0.522. The lowest BCUT2D eigenvalue weighted by atomic mass is 9.93. The van der Waals surface area contributed by atoms with Crippen LogP contribution in [0.25, 0.3) is 0 Å². The normalized spacial score (nSPS) is 16.6. The highest BCUT2D eigenvalue weighted by atomic mass is 15.1. The van der Waals surface area contributed by atoms with E-state index >= 15 is 0 Å². The van der Waals surface area contributed by atoms with Crippen molar-refractivity contribution in [3.63, 3.8) is 0 Å². The van der Waals surface area contributed by atoms with Crippen LogP contribution in [0.15, 0.2) is 31.1 Å². The first kappa shape index (κ1) is 12.0. The smallest absolute Gasteiger partial charge is 0.115 e. The molecule has 0 aliphatic carbocycles. The van der Waals surface area contributed by atoms with Gasteiger partial charge >= 0.3 is 0 Å². The van der Waals surface area contributed by atoms with Crippen LogP contribution in [0.2, 0.25) is 0 Å². The Labute approximate surface area is 112 Å². The first-order valence-corrected chi connectivity index (χ1v) is 6.61. The minimum Gasteiger partial charge on any atom is -0.369 e. The summed E-state index contributed by atoms with van der Waals surface area (Å²) in [5.41, 5.74) is 3.23. The molecule has 0 radical (unpaired) electrons. The van der Waals surface area contributed by atoms with Gasteiger partial charge in [0.15, 0.2) is 0 Å². The lowest BCUT2D eigenvalue weighted by Crippen LogP contribution is -2.33. The minimum atomic E-state index is 0.522. The summed E-state index contributed by atoms with van der Waals surface area (Å²) < 4.78 is 0. The average Bonchev–Trinajstić information content (AvgIpc) is 2.48. The largest absolute Gasteiger partial charge is 0.369 e. The molecule has 19 heavy (non-hydrogen) atoms. The maximum atomic E-state index is 4.59. The van der Waals surface area contributed by atoms with Gasteiger partial charge in [-0.15, -0.1) is 0 Å². The van der Waals surface area contributed by atoms with Crippen molar-refractivity contribution in [2.45, 2.75) is 25.7 Å². The lowest BCUT2D eigenvalue weighted by Gasteiger charge is -2.32. The summed E-state index contributed by atoms with van der Waals surface area (Å²) in [6.45, 7) is 4.04.